The SMILES string of the molecule is NNC(c1ccc(Cl)c(Cl)c1)c1ccccc1C1CCC1. The summed E-state index contributed by atoms with van der Waals surface area (Å²) in [6.45, 7) is 0. The van der Waals surface area contributed by atoms with Crippen molar-refractivity contribution in [3.05, 3.63) is 69.2 Å². The van der Waals surface area contributed by atoms with Crippen molar-refractivity contribution in [1.82, 2.24) is 5.43 Å². The van der Waals surface area contributed by atoms with Crippen molar-refractivity contribution in [3.8, 4) is 0 Å². The van der Waals surface area contributed by atoms with E-state index in [4.69, 9.17) is 29.0 Å². The zero-order valence-corrected chi connectivity index (χ0v) is 13.2. The smallest absolute Gasteiger partial charge is 0.0713 e. The van der Waals surface area contributed by atoms with E-state index in [1.165, 1.54) is 30.4 Å². The first kappa shape index (κ1) is 14.9. The van der Waals surface area contributed by atoms with Crippen molar-refractivity contribution >= 4 is 23.2 Å². The van der Waals surface area contributed by atoms with E-state index in [1.54, 1.807) is 0 Å². The Morgan fingerprint density at radius 2 is 1.81 bits per heavy atom. The summed E-state index contributed by atoms with van der Waals surface area (Å²) in [4.78, 5) is 0. The van der Waals surface area contributed by atoms with Crippen molar-refractivity contribution in [3.63, 3.8) is 0 Å². The molecule has 110 valence electrons. The second-order valence-electron chi connectivity index (χ2n) is 5.53. The molecule has 0 saturated heterocycles. The van der Waals surface area contributed by atoms with E-state index < -0.39 is 0 Å². The molecule has 4 heteroatoms. The molecule has 2 aromatic carbocycles. The van der Waals surface area contributed by atoms with Gasteiger partial charge in [-0.05, 0) is 47.6 Å². The standard InChI is InChI=1S/C17H18Cl2N2/c18-15-9-8-12(10-16(15)19)17(21-20)14-7-2-1-6-13(14)11-4-3-5-11/h1-2,6-11,17,21H,3-5,20H2. The van der Waals surface area contributed by atoms with Gasteiger partial charge in [-0.2, -0.15) is 0 Å². The van der Waals surface area contributed by atoms with Crippen molar-refractivity contribution in [2.45, 2.75) is 31.2 Å². The monoisotopic (exact) mass is 320 g/mol. The van der Waals surface area contributed by atoms with Gasteiger partial charge >= 0.3 is 0 Å². The minimum atomic E-state index is -0.0726. The Morgan fingerprint density at radius 1 is 1.05 bits per heavy atom. The van der Waals surface area contributed by atoms with E-state index in [9.17, 15) is 0 Å². The third-order valence-electron chi connectivity index (χ3n) is 4.30. The predicted octanol–water partition coefficient (Wildman–Crippen LogP) is 4.81. The van der Waals surface area contributed by atoms with Gasteiger partial charge in [-0.3, -0.25) is 5.84 Å². The van der Waals surface area contributed by atoms with Crippen LogP contribution in [0.5, 0.6) is 0 Å². The number of nitrogens with two attached hydrogens (primary N) is 1. The van der Waals surface area contributed by atoms with Crippen molar-refractivity contribution in [2.24, 2.45) is 5.84 Å². The first-order valence-corrected chi connectivity index (χ1v) is 7.96. The molecule has 0 aromatic heterocycles. The maximum atomic E-state index is 6.14. The molecule has 2 nitrogen and oxygen atoms in total. The molecule has 1 unspecified atom stereocenters. The second kappa shape index (κ2) is 6.37. The fourth-order valence-electron chi connectivity index (χ4n) is 2.92. The lowest BCUT2D eigenvalue weighted by molar-refractivity contribution is 0.414. The Kier molecular flexibility index (Phi) is 4.51. The largest absolute Gasteiger partial charge is 0.271 e. The van der Waals surface area contributed by atoms with Crippen LogP contribution in [0.4, 0.5) is 0 Å². The Hall–Kier alpha value is -1.06. The molecular weight excluding hydrogens is 303 g/mol. The van der Waals surface area contributed by atoms with Gasteiger partial charge in [0.1, 0.15) is 0 Å². The number of rotatable bonds is 4. The average molecular weight is 321 g/mol. The van der Waals surface area contributed by atoms with Crippen LogP contribution in [0.25, 0.3) is 0 Å². The van der Waals surface area contributed by atoms with Crippen LogP contribution in [0.15, 0.2) is 42.5 Å². The van der Waals surface area contributed by atoms with Gasteiger partial charge in [0.25, 0.3) is 0 Å². The lowest BCUT2D eigenvalue weighted by atomic mass is 9.76. The summed E-state index contributed by atoms with van der Waals surface area (Å²) in [5, 5.41) is 1.11. The Balaban J connectivity index is 2.01. The zero-order valence-electron chi connectivity index (χ0n) is 11.7. The first-order valence-electron chi connectivity index (χ1n) is 7.20. The minimum Gasteiger partial charge on any atom is -0.271 e. The van der Waals surface area contributed by atoms with E-state index >= 15 is 0 Å². The normalized spacial score (nSPS) is 16.5. The van der Waals surface area contributed by atoms with Crippen LogP contribution in [-0.4, -0.2) is 0 Å². The summed E-state index contributed by atoms with van der Waals surface area (Å²) >= 11 is 12.1. The van der Waals surface area contributed by atoms with Crippen LogP contribution in [0.2, 0.25) is 10.0 Å². The highest BCUT2D eigenvalue weighted by Crippen LogP contribution is 2.40. The number of halogens is 2. The van der Waals surface area contributed by atoms with E-state index in [0.29, 0.717) is 16.0 Å². The summed E-state index contributed by atoms with van der Waals surface area (Å²) in [5.41, 5.74) is 6.56. The highest BCUT2D eigenvalue weighted by atomic mass is 35.5. The van der Waals surface area contributed by atoms with Crippen LogP contribution >= 0.6 is 23.2 Å². The Labute approximate surface area is 135 Å². The number of hydrogen-bond acceptors (Lipinski definition) is 2. The van der Waals surface area contributed by atoms with Gasteiger partial charge < -0.3 is 0 Å². The maximum absolute atomic E-state index is 6.14. The van der Waals surface area contributed by atoms with E-state index in [0.717, 1.165) is 5.56 Å². The lowest BCUT2D eigenvalue weighted by Gasteiger charge is -2.30. The van der Waals surface area contributed by atoms with Crippen LogP contribution in [0, 0.1) is 0 Å². The van der Waals surface area contributed by atoms with Crippen LogP contribution < -0.4 is 11.3 Å². The molecule has 1 saturated carbocycles. The summed E-state index contributed by atoms with van der Waals surface area (Å²) in [6, 6.07) is 14.1. The number of benzene rings is 2. The molecule has 1 fully saturated rings. The topological polar surface area (TPSA) is 38.0 Å². The molecule has 3 N–H and O–H groups in total. The van der Waals surface area contributed by atoms with Gasteiger partial charge in [0.2, 0.25) is 0 Å². The van der Waals surface area contributed by atoms with E-state index in [2.05, 4.69) is 29.7 Å². The Bertz CT molecular complexity index is 638. The fraction of sp³-hybridized carbons (Fsp3) is 0.294. The molecule has 1 aliphatic rings. The highest BCUT2D eigenvalue weighted by molar-refractivity contribution is 6.42. The molecule has 0 aliphatic heterocycles. The molecule has 2 aromatic rings. The van der Waals surface area contributed by atoms with E-state index in [-0.39, 0.29) is 6.04 Å². The quantitative estimate of drug-likeness (QED) is 0.626. The third kappa shape index (κ3) is 2.95. The maximum Gasteiger partial charge on any atom is 0.0713 e. The van der Waals surface area contributed by atoms with Crippen LogP contribution in [0.1, 0.15) is 47.9 Å². The van der Waals surface area contributed by atoms with Crippen molar-refractivity contribution in [1.29, 1.82) is 0 Å². The second-order valence-corrected chi connectivity index (χ2v) is 6.34. The summed E-state index contributed by atoms with van der Waals surface area (Å²) < 4.78 is 0. The summed E-state index contributed by atoms with van der Waals surface area (Å²) in [5.74, 6) is 6.48. The highest BCUT2D eigenvalue weighted by Gasteiger charge is 2.25. The van der Waals surface area contributed by atoms with Gasteiger partial charge in [0.05, 0.1) is 16.1 Å². The van der Waals surface area contributed by atoms with Crippen molar-refractivity contribution < 1.29 is 0 Å². The minimum absolute atomic E-state index is 0.0726. The van der Waals surface area contributed by atoms with Gasteiger partial charge in [-0.25, -0.2) is 5.43 Å². The number of nitrogens with one attached hydrogen (secondary N) is 1. The van der Waals surface area contributed by atoms with Gasteiger partial charge in [-0.15, -0.1) is 0 Å². The number of hydrazine groups is 1. The fourth-order valence-corrected chi connectivity index (χ4v) is 3.23. The first-order chi connectivity index (χ1) is 10.2. The average Bonchev–Trinajstić information content (AvgIpc) is 2.43. The molecule has 1 atom stereocenters. The van der Waals surface area contributed by atoms with Gasteiger partial charge in [0.15, 0.2) is 0 Å². The molecular formula is C17H18Cl2N2. The third-order valence-corrected chi connectivity index (χ3v) is 5.03. The van der Waals surface area contributed by atoms with Crippen LogP contribution in [-0.2, 0) is 0 Å². The van der Waals surface area contributed by atoms with E-state index in [1.807, 2.05) is 18.2 Å². The molecule has 0 radical (unpaired) electrons. The lowest BCUT2D eigenvalue weighted by Crippen LogP contribution is -2.30. The van der Waals surface area contributed by atoms with Crippen molar-refractivity contribution in [2.75, 3.05) is 0 Å². The molecule has 0 bridgehead atoms. The molecule has 3 rings (SSSR count). The number of hydrogen-bond donors (Lipinski definition) is 2. The predicted molar refractivity (Wildman–Crippen MR) is 88.7 cm³/mol. The summed E-state index contributed by atoms with van der Waals surface area (Å²) in [6.07, 6.45) is 3.83. The molecule has 0 spiro atoms. The summed E-state index contributed by atoms with van der Waals surface area (Å²) in [7, 11) is 0. The van der Waals surface area contributed by atoms with Gasteiger partial charge in [0, 0.05) is 0 Å². The van der Waals surface area contributed by atoms with Crippen LogP contribution in [0.3, 0.4) is 0 Å². The molecule has 0 heterocycles. The zero-order chi connectivity index (χ0) is 14.8. The Morgan fingerprint density at radius 3 is 2.43 bits per heavy atom. The molecule has 21 heavy (non-hydrogen) atoms. The van der Waals surface area contributed by atoms with Gasteiger partial charge in [-0.1, -0.05) is 60.0 Å². The molecule has 0 amide bonds. The molecule has 1 aliphatic carbocycles.